The number of aromatic nitrogens is 1. The normalized spacial score (nSPS) is 24.9. The number of carbonyl (C=O) groups excluding carboxylic acids is 2. The quantitative estimate of drug-likeness (QED) is 0.923. The number of piperazine rings is 1. The van der Waals surface area contributed by atoms with Crippen LogP contribution in [0.3, 0.4) is 0 Å². The van der Waals surface area contributed by atoms with E-state index in [9.17, 15) is 9.59 Å². The van der Waals surface area contributed by atoms with Gasteiger partial charge in [0.15, 0.2) is 0 Å². The van der Waals surface area contributed by atoms with E-state index >= 15 is 0 Å². The lowest BCUT2D eigenvalue weighted by Crippen LogP contribution is -2.72. The molecule has 2 amide bonds. The highest BCUT2D eigenvalue weighted by atomic mass is 16.2. The fourth-order valence-corrected chi connectivity index (χ4v) is 2.60. The second-order valence-corrected chi connectivity index (χ2v) is 6.37. The minimum atomic E-state index is -0.879. The van der Waals surface area contributed by atoms with Crippen molar-refractivity contribution in [3.63, 3.8) is 0 Å². The van der Waals surface area contributed by atoms with Crippen LogP contribution in [-0.4, -0.2) is 32.8 Å². The molecule has 0 aromatic carbocycles. The predicted molar refractivity (Wildman–Crippen MR) is 80.4 cm³/mol. The average Bonchev–Trinajstić information content (AvgIpc) is 2.41. The van der Waals surface area contributed by atoms with Crippen molar-refractivity contribution in [3.8, 4) is 0 Å². The van der Waals surface area contributed by atoms with Gasteiger partial charge in [-0.25, -0.2) is 0 Å². The van der Waals surface area contributed by atoms with Gasteiger partial charge >= 0.3 is 0 Å². The fourth-order valence-electron chi connectivity index (χ4n) is 2.60. The third kappa shape index (κ3) is 2.64. The van der Waals surface area contributed by atoms with Crippen LogP contribution in [0.1, 0.15) is 45.5 Å². The first kappa shape index (κ1) is 15.5. The third-order valence-corrected chi connectivity index (χ3v) is 4.25. The summed E-state index contributed by atoms with van der Waals surface area (Å²) in [6.45, 7) is 9.46. The maximum atomic E-state index is 12.7. The van der Waals surface area contributed by atoms with E-state index in [0.29, 0.717) is 13.0 Å². The Balaban J connectivity index is 2.40. The van der Waals surface area contributed by atoms with Crippen LogP contribution in [0.25, 0.3) is 0 Å². The molecule has 0 bridgehead atoms. The van der Waals surface area contributed by atoms with E-state index in [1.54, 1.807) is 18.7 Å². The number of hydrogen-bond donors (Lipinski definition) is 1. The zero-order chi connectivity index (χ0) is 15.8. The van der Waals surface area contributed by atoms with Crippen LogP contribution in [0.2, 0.25) is 0 Å². The van der Waals surface area contributed by atoms with Crippen LogP contribution in [0.15, 0.2) is 18.2 Å². The number of amides is 2. The van der Waals surface area contributed by atoms with Crippen LogP contribution < -0.4 is 5.32 Å². The molecule has 2 rings (SSSR count). The van der Waals surface area contributed by atoms with Crippen molar-refractivity contribution in [1.82, 2.24) is 15.2 Å². The van der Waals surface area contributed by atoms with Gasteiger partial charge in [0.2, 0.25) is 11.8 Å². The van der Waals surface area contributed by atoms with Crippen molar-refractivity contribution in [2.24, 2.45) is 0 Å². The van der Waals surface area contributed by atoms with Gasteiger partial charge in [-0.05, 0) is 46.2 Å². The number of rotatable bonds is 3. The van der Waals surface area contributed by atoms with Gasteiger partial charge in [0.25, 0.3) is 0 Å². The van der Waals surface area contributed by atoms with E-state index in [2.05, 4.69) is 10.3 Å². The Labute approximate surface area is 125 Å². The Bertz CT molecular complexity index is 583. The van der Waals surface area contributed by atoms with Gasteiger partial charge in [-0.3, -0.25) is 14.6 Å². The lowest BCUT2D eigenvalue weighted by molar-refractivity contribution is -0.162. The molecule has 1 aromatic heterocycles. The molecule has 1 aromatic rings. The molecular formula is C16H23N3O2. The van der Waals surface area contributed by atoms with E-state index in [-0.39, 0.29) is 11.8 Å². The lowest BCUT2D eigenvalue weighted by Gasteiger charge is -2.48. The van der Waals surface area contributed by atoms with Crippen molar-refractivity contribution in [2.45, 2.75) is 58.7 Å². The zero-order valence-electron chi connectivity index (χ0n) is 13.4. The smallest absolute Gasteiger partial charge is 0.248 e. The second-order valence-electron chi connectivity index (χ2n) is 6.37. The molecule has 1 saturated heterocycles. The molecule has 2 heterocycles. The average molecular weight is 289 g/mol. The number of aryl methyl sites for hydroxylation is 1. The van der Waals surface area contributed by atoms with E-state index in [1.807, 2.05) is 39.0 Å². The summed E-state index contributed by atoms with van der Waals surface area (Å²) in [6, 6.07) is 5.72. The molecule has 0 saturated carbocycles. The van der Waals surface area contributed by atoms with Crippen molar-refractivity contribution >= 4 is 11.8 Å². The van der Waals surface area contributed by atoms with Crippen molar-refractivity contribution in [2.75, 3.05) is 0 Å². The standard InChI is InChI=1S/C16H23N3O2/c1-6-16(5)13(20)18-15(3,4)14(21)19(16)10-12-9-7-8-11(2)17-12/h7-9H,6,10H2,1-5H3,(H,18,20). The Hall–Kier alpha value is -1.91. The van der Waals surface area contributed by atoms with Gasteiger partial charge < -0.3 is 10.2 Å². The molecule has 1 aliphatic heterocycles. The maximum absolute atomic E-state index is 12.7. The summed E-state index contributed by atoms with van der Waals surface area (Å²) in [5, 5.41) is 2.82. The van der Waals surface area contributed by atoms with Crippen molar-refractivity contribution < 1.29 is 9.59 Å². The molecule has 5 nitrogen and oxygen atoms in total. The number of carbonyl (C=O) groups is 2. The van der Waals surface area contributed by atoms with Gasteiger partial charge in [0.1, 0.15) is 11.1 Å². The van der Waals surface area contributed by atoms with E-state index in [1.165, 1.54) is 0 Å². The summed E-state index contributed by atoms with van der Waals surface area (Å²) < 4.78 is 0. The summed E-state index contributed by atoms with van der Waals surface area (Å²) in [6.07, 6.45) is 0.562. The lowest BCUT2D eigenvalue weighted by atomic mass is 9.86. The van der Waals surface area contributed by atoms with Crippen LogP contribution in [0.4, 0.5) is 0 Å². The Morgan fingerprint density at radius 2 is 1.90 bits per heavy atom. The molecule has 0 radical (unpaired) electrons. The largest absolute Gasteiger partial charge is 0.340 e. The molecule has 1 fully saturated rings. The monoisotopic (exact) mass is 289 g/mol. The first-order valence-electron chi connectivity index (χ1n) is 7.28. The van der Waals surface area contributed by atoms with E-state index in [0.717, 1.165) is 11.4 Å². The van der Waals surface area contributed by atoms with Gasteiger partial charge in [0, 0.05) is 5.69 Å². The van der Waals surface area contributed by atoms with Gasteiger partial charge in [-0.2, -0.15) is 0 Å². The Morgan fingerprint density at radius 1 is 1.24 bits per heavy atom. The molecule has 1 unspecified atom stereocenters. The van der Waals surface area contributed by atoms with E-state index in [4.69, 9.17) is 0 Å². The highest BCUT2D eigenvalue weighted by molar-refractivity contribution is 6.01. The molecular weight excluding hydrogens is 266 g/mol. The summed E-state index contributed by atoms with van der Waals surface area (Å²) in [4.78, 5) is 31.3. The molecule has 5 heteroatoms. The fraction of sp³-hybridized carbons (Fsp3) is 0.562. The van der Waals surface area contributed by atoms with E-state index < -0.39 is 11.1 Å². The van der Waals surface area contributed by atoms with Gasteiger partial charge in [0.05, 0.1) is 12.2 Å². The molecule has 114 valence electrons. The summed E-state index contributed by atoms with van der Waals surface area (Å²) in [5.41, 5.74) is -0.0134. The number of nitrogens with zero attached hydrogens (tertiary/aromatic N) is 2. The zero-order valence-corrected chi connectivity index (χ0v) is 13.4. The second kappa shape index (κ2) is 5.13. The third-order valence-electron chi connectivity index (χ3n) is 4.25. The number of pyridine rings is 1. The minimum absolute atomic E-state index is 0.0743. The number of nitrogens with one attached hydrogen (secondary N) is 1. The SMILES string of the molecule is CCC1(C)C(=O)NC(C)(C)C(=O)N1Cc1cccc(C)n1. The molecule has 21 heavy (non-hydrogen) atoms. The molecule has 1 aliphatic rings. The van der Waals surface area contributed by atoms with Crippen LogP contribution in [0, 0.1) is 6.92 Å². The van der Waals surface area contributed by atoms with Crippen LogP contribution in [0.5, 0.6) is 0 Å². The first-order chi connectivity index (χ1) is 9.70. The molecule has 0 aliphatic carbocycles. The Kier molecular flexibility index (Phi) is 3.78. The summed E-state index contributed by atoms with van der Waals surface area (Å²) in [7, 11) is 0. The summed E-state index contributed by atoms with van der Waals surface area (Å²) in [5.74, 6) is -0.183. The number of hydrogen-bond acceptors (Lipinski definition) is 3. The predicted octanol–water partition coefficient (Wildman–Crippen LogP) is 1.80. The van der Waals surface area contributed by atoms with Crippen molar-refractivity contribution in [1.29, 1.82) is 0 Å². The highest BCUT2D eigenvalue weighted by Crippen LogP contribution is 2.30. The first-order valence-corrected chi connectivity index (χ1v) is 7.28. The highest BCUT2D eigenvalue weighted by Gasteiger charge is 2.51. The molecule has 1 N–H and O–H groups in total. The van der Waals surface area contributed by atoms with Crippen LogP contribution in [-0.2, 0) is 16.1 Å². The Morgan fingerprint density at radius 3 is 2.48 bits per heavy atom. The molecule has 0 spiro atoms. The van der Waals surface area contributed by atoms with Crippen molar-refractivity contribution in [3.05, 3.63) is 29.6 Å². The maximum Gasteiger partial charge on any atom is 0.248 e. The van der Waals surface area contributed by atoms with Gasteiger partial charge in [-0.1, -0.05) is 13.0 Å². The topological polar surface area (TPSA) is 62.3 Å². The summed E-state index contributed by atoms with van der Waals surface area (Å²) >= 11 is 0. The molecule has 1 atom stereocenters. The minimum Gasteiger partial charge on any atom is -0.340 e. The van der Waals surface area contributed by atoms with Crippen LogP contribution >= 0.6 is 0 Å². The van der Waals surface area contributed by atoms with Gasteiger partial charge in [-0.15, -0.1) is 0 Å².